The molecule has 0 saturated heterocycles. The van der Waals surface area contributed by atoms with Gasteiger partial charge in [0.1, 0.15) is 0 Å². The summed E-state index contributed by atoms with van der Waals surface area (Å²) in [5.41, 5.74) is 4.34. The molecule has 2 aromatic rings. The van der Waals surface area contributed by atoms with Crippen molar-refractivity contribution < 1.29 is 5.11 Å². The molecule has 1 atom stereocenters. The maximum absolute atomic E-state index is 10.3. The Morgan fingerprint density at radius 1 is 1.38 bits per heavy atom. The van der Waals surface area contributed by atoms with Crippen LogP contribution in [0.15, 0.2) is 24.3 Å². The average Bonchev–Trinajstić information content (AvgIpc) is 2.72. The van der Waals surface area contributed by atoms with Crippen LogP contribution in [-0.2, 0) is 26.3 Å². The van der Waals surface area contributed by atoms with E-state index < -0.39 is 6.10 Å². The lowest BCUT2D eigenvalue weighted by atomic mass is 10.0. The highest BCUT2D eigenvalue weighted by atomic mass is 35.5. The van der Waals surface area contributed by atoms with E-state index in [4.69, 9.17) is 11.6 Å². The Bertz CT molecular complexity index is 607. The largest absolute Gasteiger partial charge is 0.393 e. The second-order valence-corrected chi connectivity index (χ2v) is 5.95. The van der Waals surface area contributed by atoms with E-state index in [0.717, 1.165) is 30.7 Å². The number of nitrogens with zero attached hydrogens (tertiary/aromatic N) is 2. The van der Waals surface area contributed by atoms with Crippen molar-refractivity contribution in [2.75, 3.05) is 0 Å². The van der Waals surface area contributed by atoms with E-state index in [2.05, 4.69) is 36.3 Å². The summed E-state index contributed by atoms with van der Waals surface area (Å²) in [6, 6.07) is 8.41. The molecule has 0 fully saturated rings. The average molecular weight is 307 g/mol. The minimum absolute atomic E-state index is 0.400. The Morgan fingerprint density at radius 3 is 2.76 bits per heavy atom. The van der Waals surface area contributed by atoms with Crippen molar-refractivity contribution in [3.8, 4) is 0 Å². The number of aromatic nitrogens is 2. The molecule has 4 heteroatoms. The van der Waals surface area contributed by atoms with Gasteiger partial charge in [-0.3, -0.25) is 4.68 Å². The summed E-state index contributed by atoms with van der Waals surface area (Å²) in [7, 11) is 1.88. The van der Waals surface area contributed by atoms with Crippen LogP contribution >= 0.6 is 11.6 Å². The fourth-order valence-electron chi connectivity index (χ4n) is 2.57. The predicted octanol–water partition coefficient (Wildman–Crippen LogP) is 3.48. The molecule has 0 aliphatic rings. The highest BCUT2D eigenvalue weighted by Crippen LogP contribution is 2.23. The Labute approximate surface area is 131 Å². The minimum Gasteiger partial charge on any atom is -0.393 e. The topological polar surface area (TPSA) is 38.0 Å². The summed E-state index contributed by atoms with van der Waals surface area (Å²) in [5.74, 6) is 0. The van der Waals surface area contributed by atoms with Crippen molar-refractivity contribution in [3.05, 3.63) is 51.8 Å². The van der Waals surface area contributed by atoms with E-state index in [1.807, 2.05) is 14.0 Å². The summed E-state index contributed by atoms with van der Waals surface area (Å²) in [6.07, 6.45) is 2.56. The van der Waals surface area contributed by atoms with Crippen LogP contribution < -0.4 is 0 Å². The summed E-state index contributed by atoms with van der Waals surface area (Å²) in [5, 5.41) is 15.4. The van der Waals surface area contributed by atoms with Gasteiger partial charge in [0.25, 0.3) is 0 Å². The molecule has 0 spiro atoms. The van der Waals surface area contributed by atoms with Crippen molar-refractivity contribution in [2.45, 2.75) is 45.6 Å². The summed E-state index contributed by atoms with van der Waals surface area (Å²) in [4.78, 5) is 0. The summed E-state index contributed by atoms with van der Waals surface area (Å²) in [6.45, 7) is 4.12. The Hall–Kier alpha value is -1.32. The molecule has 2 rings (SSSR count). The minimum atomic E-state index is -0.400. The van der Waals surface area contributed by atoms with Gasteiger partial charge in [0.05, 0.1) is 22.5 Å². The highest BCUT2D eigenvalue weighted by Gasteiger charge is 2.16. The maximum atomic E-state index is 10.3. The van der Waals surface area contributed by atoms with Gasteiger partial charge >= 0.3 is 0 Å². The maximum Gasteiger partial charge on any atom is 0.0850 e. The normalized spacial score (nSPS) is 12.6. The van der Waals surface area contributed by atoms with Crippen LogP contribution in [-0.4, -0.2) is 21.0 Å². The van der Waals surface area contributed by atoms with Gasteiger partial charge in [-0.15, -0.1) is 0 Å². The first-order valence-electron chi connectivity index (χ1n) is 7.45. The zero-order valence-corrected chi connectivity index (χ0v) is 13.7. The van der Waals surface area contributed by atoms with E-state index in [1.54, 1.807) is 4.68 Å². The number of aliphatic hydroxyl groups excluding tert-OH is 1. The fourth-order valence-corrected chi connectivity index (χ4v) is 2.94. The van der Waals surface area contributed by atoms with Crippen molar-refractivity contribution in [3.63, 3.8) is 0 Å². The molecular formula is C17H23ClN2O. The molecule has 0 amide bonds. The molecular weight excluding hydrogens is 284 g/mol. The number of hydrogen-bond acceptors (Lipinski definition) is 2. The van der Waals surface area contributed by atoms with Gasteiger partial charge in [-0.2, -0.15) is 5.10 Å². The first-order chi connectivity index (χ1) is 10.0. The number of aryl methyl sites for hydroxylation is 4. The third-order valence-corrected chi connectivity index (χ3v) is 4.22. The third-order valence-electron chi connectivity index (χ3n) is 3.78. The molecule has 1 aromatic carbocycles. The number of halogens is 1. The van der Waals surface area contributed by atoms with Crippen molar-refractivity contribution in [1.29, 1.82) is 0 Å². The van der Waals surface area contributed by atoms with Crippen LogP contribution in [0.1, 0.15) is 35.9 Å². The molecule has 21 heavy (non-hydrogen) atoms. The van der Waals surface area contributed by atoms with E-state index in [0.29, 0.717) is 11.4 Å². The quantitative estimate of drug-likeness (QED) is 0.887. The standard InChI is InChI=1S/C17H23ClN2O/c1-4-15-17(18)16(20(3)19-15)11-14(21)9-8-13-7-5-6-12(2)10-13/h5-7,10,14,21H,4,8-9,11H2,1-3H3. The molecule has 0 saturated carbocycles. The van der Waals surface area contributed by atoms with Crippen molar-refractivity contribution in [1.82, 2.24) is 9.78 Å². The molecule has 1 unspecified atom stereocenters. The molecule has 1 heterocycles. The molecule has 1 N–H and O–H groups in total. The van der Waals surface area contributed by atoms with Crippen molar-refractivity contribution in [2.24, 2.45) is 7.05 Å². The first kappa shape index (κ1) is 16.1. The van der Waals surface area contributed by atoms with Crippen LogP contribution in [0, 0.1) is 6.92 Å². The van der Waals surface area contributed by atoms with Crippen LogP contribution in [0.25, 0.3) is 0 Å². The zero-order chi connectivity index (χ0) is 15.4. The second-order valence-electron chi connectivity index (χ2n) is 5.57. The van der Waals surface area contributed by atoms with E-state index >= 15 is 0 Å². The van der Waals surface area contributed by atoms with E-state index in [9.17, 15) is 5.11 Å². The van der Waals surface area contributed by atoms with Gasteiger partial charge in [0, 0.05) is 13.5 Å². The van der Waals surface area contributed by atoms with Gasteiger partial charge < -0.3 is 5.11 Å². The summed E-state index contributed by atoms with van der Waals surface area (Å²) >= 11 is 6.32. The number of benzene rings is 1. The number of aliphatic hydroxyl groups is 1. The third kappa shape index (κ3) is 4.08. The van der Waals surface area contributed by atoms with Gasteiger partial charge in [0.15, 0.2) is 0 Å². The molecule has 0 aliphatic carbocycles. The van der Waals surface area contributed by atoms with Gasteiger partial charge in [0.2, 0.25) is 0 Å². The van der Waals surface area contributed by atoms with Gasteiger partial charge in [-0.1, -0.05) is 48.4 Å². The van der Waals surface area contributed by atoms with Crippen LogP contribution in [0.3, 0.4) is 0 Å². The number of hydrogen-bond donors (Lipinski definition) is 1. The molecule has 3 nitrogen and oxygen atoms in total. The SMILES string of the molecule is CCc1nn(C)c(CC(O)CCc2cccc(C)c2)c1Cl. The summed E-state index contributed by atoms with van der Waals surface area (Å²) < 4.78 is 1.79. The molecule has 114 valence electrons. The lowest BCUT2D eigenvalue weighted by Crippen LogP contribution is -2.14. The fraction of sp³-hybridized carbons (Fsp3) is 0.471. The van der Waals surface area contributed by atoms with Crippen LogP contribution in [0.4, 0.5) is 0 Å². The zero-order valence-electron chi connectivity index (χ0n) is 12.9. The highest BCUT2D eigenvalue weighted by molar-refractivity contribution is 6.31. The molecule has 1 aromatic heterocycles. The predicted molar refractivity (Wildman–Crippen MR) is 86.8 cm³/mol. The van der Waals surface area contributed by atoms with Crippen LogP contribution in [0.2, 0.25) is 5.02 Å². The Kier molecular flexibility index (Phi) is 5.43. The van der Waals surface area contributed by atoms with Crippen LogP contribution in [0.5, 0.6) is 0 Å². The van der Waals surface area contributed by atoms with Gasteiger partial charge in [-0.05, 0) is 31.7 Å². The number of rotatable bonds is 6. The molecule has 0 radical (unpaired) electrons. The van der Waals surface area contributed by atoms with E-state index in [1.165, 1.54) is 11.1 Å². The Balaban J connectivity index is 1.96. The first-order valence-corrected chi connectivity index (χ1v) is 7.83. The van der Waals surface area contributed by atoms with E-state index in [-0.39, 0.29) is 0 Å². The second kappa shape index (κ2) is 7.10. The molecule has 0 aliphatic heterocycles. The molecule has 0 bridgehead atoms. The lowest BCUT2D eigenvalue weighted by Gasteiger charge is -2.11. The monoisotopic (exact) mass is 306 g/mol. The lowest BCUT2D eigenvalue weighted by molar-refractivity contribution is 0.163. The Morgan fingerprint density at radius 2 is 2.14 bits per heavy atom. The van der Waals surface area contributed by atoms with Crippen molar-refractivity contribution >= 4 is 11.6 Å². The van der Waals surface area contributed by atoms with Gasteiger partial charge in [-0.25, -0.2) is 0 Å². The smallest absolute Gasteiger partial charge is 0.0850 e.